The lowest BCUT2D eigenvalue weighted by molar-refractivity contribution is -0.192. The van der Waals surface area contributed by atoms with E-state index in [0.29, 0.717) is 5.82 Å². The monoisotopic (exact) mass is 266 g/mol. The summed E-state index contributed by atoms with van der Waals surface area (Å²) >= 11 is 0. The van der Waals surface area contributed by atoms with Crippen molar-refractivity contribution >= 4 is 11.8 Å². The first-order chi connectivity index (χ1) is 8.12. The number of anilines is 1. The second-order valence-electron chi connectivity index (χ2n) is 3.47. The number of aliphatic carboxylic acids is 1. The number of nitrogens with two attached hydrogens (primary N) is 1. The van der Waals surface area contributed by atoms with Gasteiger partial charge in [-0.15, -0.1) is 0 Å². The van der Waals surface area contributed by atoms with E-state index in [-0.39, 0.29) is 0 Å². The largest absolute Gasteiger partial charge is 0.490 e. The number of nitrogens with zero attached hydrogens (tertiary/aromatic N) is 3. The molecule has 0 fully saturated rings. The Kier molecular flexibility index (Phi) is 6.03. The lowest BCUT2D eigenvalue weighted by Gasteiger charge is -2.07. The average Bonchev–Trinajstić information content (AvgIpc) is 2.15. The number of hydrogen-bond acceptors (Lipinski definition) is 5. The Morgan fingerprint density at radius 2 is 1.94 bits per heavy atom. The van der Waals surface area contributed by atoms with Crippen LogP contribution in [0.2, 0.25) is 0 Å². The summed E-state index contributed by atoms with van der Waals surface area (Å²) in [7, 11) is 3.97. The minimum Gasteiger partial charge on any atom is -0.475 e. The highest BCUT2D eigenvalue weighted by Crippen LogP contribution is 2.13. The van der Waals surface area contributed by atoms with Crippen molar-refractivity contribution in [2.75, 3.05) is 19.8 Å². The molecule has 18 heavy (non-hydrogen) atoms. The molecule has 6 nitrogen and oxygen atoms in total. The second-order valence-corrected chi connectivity index (χ2v) is 3.47. The number of alkyl halides is 3. The third kappa shape index (κ3) is 7.39. The highest BCUT2D eigenvalue weighted by molar-refractivity contribution is 5.73. The SMILES string of the molecule is CN(C)Cc1cc(N)ncn1.O=C(O)C(F)(F)F. The fourth-order valence-corrected chi connectivity index (χ4v) is 0.825. The molecule has 0 spiro atoms. The van der Waals surface area contributed by atoms with Gasteiger partial charge < -0.3 is 15.7 Å². The number of rotatable bonds is 2. The van der Waals surface area contributed by atoms with Crippen LogP contribution in [0.25, 0.3) is 0 Å². The fourth-order valence-electron chi connectivity index (χ4n) is 0.825. The molecule has 0 aromatic carbocycles. The minimum absolute atomic E-state index is 0.525. The molecule has 0 bridgehead atoms. The van der Waals surface area contributed by atoms with Crippen LogP contribution in [-0.4, -0.2) is 46.2 Å². The van der Waals surface area contributed by atoms with Gasteiger partial charge in [-0.3, -0.25) is 0 Å². The molecule has 1 aromatic heterocycles. The van der Waals surface area contributed by atoms with Gasteiger partial charge in [0.15, 0.2) is 0 Å². The topological polar surface area (TPSA) is 92.3 Å². The van der Waals surface area contributed by atoms with E-state index in [1.165, 1.54) is 6.33 Å². The molecule has 0 aliphatic heterocycles. The van der Waals surface area contributed by atoms with E-state index in [9.17, 15) is 13.2 Å². The van der Waals surface area contributed by atoms with Crippen molar-refractivity contribution in [3.05, 3.63) is 18.1 Å². The minimum atomic E-state index is -5.08. The van der Waals surface area contributed by atoms with E-state index in [1.54, 1.807) is 6.07 Å². The van der Waals surface area contributed by atoms with E-state index < -0.39 is 12.1 Å². The second kappa shape index (κ2) is 6.74. The van der Waals surface area contributed by atoms with Crippen LogP contribution in [0.1, 0.15) is 5.69 Å². The van der Waals surface area contributed by atoms with Gasteiger partial charge in [0.1, 0.15) is 12.1 Å². The quantitative estimate of drug-likeness (QED) is 0.820. The molecule has 0 saturated carbocycles. The number of halogens is 3. The van der Waals surface area contributed by atoms with E-state index >= 15 is 0 Å². The molecule has 102 valence electrons. The van der Waals surface area contributed by atoms with E-state index in [0.717, 1.165) is 12.2 Å². The summed E-state index contributed by atoms with van der Waals surface area (Å²) in [6, 6.07) is 1.78. The van der Waals surface area contributed by atoms with Gasteiger partial charge in [-0.1, -0.05) is 0 Å². The van der Waals surface area contributed by atoms with Gasteiger partial charge in [0.25, 0.3) is 0 Å². The summed E-state index contributed by atoms with van der Waals surface area (Å²) in [5, 5.41) is 7.12. The van der Waals surface area contributed by atoms with Crippen LogP contribution < -0.4 is 5.73 Å². The summed E-state index contributed by atoms with van der Waals surface area (Å²) in [5.41, 5.74) is 6.41. The fraction of sp³-hybridized carbons (Fsp3) is 0.444. The Balaban J connectivity index is 0.000000360. The third-order valence-electron chi connectivity index (χ3n) is 1.47. The predicted octanol–water partition coefficient (Wildman–Crippen LogP) is 0.754. The van der Waals surface area contributed by atoms with Crippen molar-refractivity contribution in [1.82, 2.24) is 14.9 Å². The summed E-state index contributed by atoms with van der Waals surface area (Å²) < 4.78 is 31.7. The van der Waals surface area contributed by atoms with Gasteiger partial charge in [-0.2, -0.15) is 13.2 Å². The molecule has 0 aliphatic carbocycles. The van der Waals surface area contributed by atoms with Gasteiger partial charge in [0.2, 0.25) is 0 Å². The molecule has 3 N–H and O–H groups in total. The molecule has 0 amide bonds. The Morgan fingerprint density at radius 1 is 1.44 bits per heavy atom. The number of carbonyl (C=O) groups is 1. The number of nitrogen functional groups attached to an aromatic ring is 1. The van der Waals surface area contributed by atoms with Crippen LogP contribution in [0.15, 0.2) is 12.4 Å². The van der Waals surface area contributed by atoms with Crippen LogP contribution in [0.4, 0.5) is 19.0 Å². The maximum Gasteiger partial charge on any atom is 0.490 e. The van der Waals surface area contributed by atoms with Crippen molar-refractivity contribution in [3.8, 4) is 0 Å². The van der Waals surface area contributed by atoms with Gasteiger partial charge in [0, 0.05) is 12.6 Å². The molecule has 0 radical (unpaired) electrons. The van der Waals surface area contributed by atoms with E-state index in [4.69, 9.17) is 15.6 Å². The normalized spacial score (nSPS) is 10.8. The first kappa shape index (κ1) is 16.1. The summed E-state index contributed by atoms with van der Waals surface area (Å²) in [6.07, 6.45) is -3.60. The smallest absolute Gasteiger partial charge is 0.475 e. The van der Waals surface area contributed by atoms with E-state index in [2.05, 4.69) is 9.97 Å². The lowest BCUT2D eigenvalue weighted by Crippen LogP contribution is -2.21. The molecule has 1 rings (SSSR count). The van der Waals surface area contributed by atoms with Crippen LogP contribution in [0.3, 0.4) is 0 Å². The summed E-state index contributed by atoms with van der Waals surface area (Å²) in [5.74, 6) is -2.23. The molecule has 0 saturated heterocycles. The molecular formula is C9H13F3N4O2. The Morgan fingerprint density at radius 3 is 2.28 bits per heavy atom. The molecule has 0 unspecified atom stereocenters. The predicted molar refractivity (Wildman–Crippen MR) is 57.5 cm³/mol. The zero-order valence-electron chi connectivity index (χ0n) is 9.77. The number of carboxylic acid groups (broad SMARTS) is 1. The van der Waals surface area contributed by atoms with E-state index in [1.807, 2.05) is 19.0 Å². The zero-order chi connectivity index (χ0) is 14.3. The van der Waals surface area contributed by atoms with Gasteiger partial charge >= 0.3 is 12.1 Å². The third-order valence-corrected chi connectivity index (χ3v) is 1.47. The van der Waals surface area contributed by atoms with Crippen molar-refractivity contribution in [1.29, 1.82) is 0 Å². The Labute approximate surface area is 101 Å². The maximum absolute atomic E-state index is 10.6. The Bertz CT molecular complexity index is 396. The maximum atomic E-state index is 10.6. The first-order valence-electron chi connectivity index (χ1n) is 4.64. The highest BCUT2D eigenvalue weighted by Gasteiger charge is 2.38. The van der Waals surface area contributed by atoms with Gasteiger partial charge in [-0.05, 0) is 14.1 Å². The molecular weight excluding hydrogens is 253 g/mol. The van der Waals surface area contributed by atoms with Crippen molar-refractivity contribution in [2.45, 2.75) is 12.7 Å². The Hall–Kier alpha value is -1.90. The molecule has 0 atom stereocenters. The van der Waals surface area contributed by atoms with Crippen LogP contribution in [0.5, 0.6) is 0 Å². The summed E-state index contributed by atoms with van der Waals surface area (Å²) in [6.45, 7) is 0.798. The van der Waals surface area contributed by atoms with Crippen LogP contribution in [-0.2, 0) is 11.3 Å². The molecule has 0 aliphatic rings. The molecule has 9 heteroatoms. The van der Waals surface area contributed by atoms with Crippen molar-refractivity contribution in [2.24, 2.45) is 0 Å². The van der Waals surface area contributed by atoms with Crippen LogP contribution >= 0.6 is 0 Å². The average molecular weight is 266 g/mol. The molecule has 1 aromatic rings. The van der Waals surface area contributed by atoms with Crippen LogP contribution in [0, 0.1) is 0 Å². The highest BCUT2D eigenvalue weighted by atomic mass is 19.4. The van der Waals surface area contributed by atoms with Gasteiger partial charge in [0.05, 0.1) is 5.69 Å². The van der Waals surface area contributed by atoms with Crippen molar-refractivity contribution < 1.29 is 23.1 Å². The number of carboxylic acids is 1. The van der Waals surface area contributed by atoms with Crippen molar-refractivity contribution in [3.63, 3.8) is 0 Å². The number of hydrogen-bond donors (Lipinski definition) is 2. The lowest BCUT2D eigenvalue weighted by atomic mass is 10.4. The zero-order valence-corrected chi connectivity index (χ0v) is 9.77. The molecule has 1 heterocycles. The standard InChI is InChI=1S/C7H12N4.C2HF3O2/c1-11(2)4-6-3-7(8)10-5-9-6;3-2(4,5)1(6)7/h3,5H,4H2,1-2H3,(H2,8,9,10);(H,6,7). The number of aromatic nitrogens is 2. The van der Waals surface area contributed by atoms with Gasteiger partial charge in [-0.25, -0.2) is 14.8 Å². The summed E-state index contributed by atoms with van der Waals surface area (Å²) in [4.78, 5) is 18.8. The first-order valence-corrected chi connectivity index (χ1v) is 4.64.